The fourth-order valence-electron chi connectivity index (χ4n) is 3.59. The Hall–Kier alpha value is -1.42. The van der Waals surface area contributed by atoms with E-state index < -0.39 is 0 Å². The minimum Gasteiger partial charge on any atom is -0.355 e. The van der Waals surface area contributed by atoms with E-state index in [1.165, 1.54) is 6.42 Å². The van der Waals surface area contributed by atoms with Crippen molar-refractivity contribution in [3.05, 3.63) is 35.1 Å². The second kappa shape index (κ2) is 11.7. The molecule has 1 saturated heterocycles. The van der Waals surface area contributed by atoms with E-state index in [0.29, 0.717) is 29.9 Å². The molecule has 1 aromatic carbocycles. The summed E-state index contributed by atoms with van der Waals surface area (Å²) in [5.41, 5.74) is 1.54. The van der Waals surface area contributed by atoms with Gasteiger partial charge in [-0.3, -0.25) is 14.7 Å². The first-order valence-corrected chi connectivity index (χ1v) is 10.3. The molecule has 162 valence electrons. The third kappa shape index (κ3) is 6.80. The molecule has 1 heterocycles. The van der Waals surface area contributed by atoms with Crippen LogP contribution in [0.15, 0.2) is 23.2 Å². The van der Waals surface area contributed by atoms with Gasteiger partial charge in [-0.05, 0) is 37.0 Å². The topological polar surface area (TPSA) is 60.0 Å². The minimum atomic E-state index is -0.183. The number of hydrogen-bond acceptors (Lipinski definition) is 3. The van der Waals surface area contributed by atoms with Crippen LogP contribution >= 0.6 is 24.0 Å². The van der Waals surface area contributed by atoms with Gasteiger partial charge in [-0.25, -0.2) is 4.39 Å². The minimum absolute atomic E-state index is 0. The SMILES string of the molecule is CN=C(NCCN1CCN(C(=O)C2CCC2)CC1)NCc1ccc(C)c(F)c1.I. The maximum atomic E-state index is 13.6. The van der Waals surface area contributed by atoms with Crippen molar-refractivity contribution in [3.8, 4) is 0 Å². The molecule has 0 bridgehead atoms. The highest BCUT2D eigenvalue weighted by Crippen LogP contribution is 2.28. The summed E-state index contributed by atoms with van der Waals surface area (Å²) in [6.07, 6.45) is 3.35. The van der Waals surface area contributed by atoms with Crippen molar-refractivity contribution in [2.45, 2.75) is 32.7 Å². The Labute approximate surface area is 190 Å². The van der Waals surface area contributed by atoms with E-state index in [0.717, 1.165) is 57.7 Å². The summed E-state index contributed by atoms with van der Waals surface area (Å²) in [6, 6.07) is 5.26. The van der Waals surface area contributed by atoms with Gasteiger partial charge in [-0.1, -0.05) is 18.6 Å². The van der Waals surface area contributed by atoms with Crippen LogP contribution in [0.2, 0.25) is 0 Å². The molecule has 6 nitrogen and oxygen atoms in total. The van der Waals surface area contributed by atoms with Gasteiger partial charge < -0.3 is 15.5 Å². The van der Waals surface area contributed by atoms with Gasteiger partial charge in [0.25, 0.3) is 0 Å². The van der Waals surface area contributed by atoms with Crippen molar-refractivity contribution in [1.82, 2.24) is 20.4 Å². The monoisotopic (exact) mass is 517 g/mol. The molecule has 0 radical (unpaired) electrons. The van der Waals surface area contributed by atoms with Crippen molar-refractivity contribution in [2.24, 2.45) is 10.9 Å². The van der Waals surface area contributed by atoms with Crippen LogP contribution < -0.4 is 10.6 Å². The molecule has 0 unspecified atom stereocenters. The summed E-state index contributed by atoms with van der Waals surface area (Å²) in [5, 5.41) is 6.52. The average Bonchev–Trinajstić information content (AvgIpc) is 2.66. The summed E-state index contributed by atoms with van der Waals surface area (Å²) >= 11 is 0. The third-order valence-electron chi connectivity index (χ3n) is 5.78. The number of nitrogens with zero attached hydrogens (tertiary/aromatic N) is 3. The fourth-order valence-corrected chi connectivity index (χ4v) is 3.59. The number of halogens is 2. The van der Waals surface area contributed by atoms with Crippen LogP contribution in [0.3, 0.4) is 0 Å². The first-order valence-electron chi connectivity index (χ1n) is 10.3. The first kappa shape index (κ1) is 23.9. The van der Waals surface area contributed by atoms with Gasteiger partial charge in [0.15, 0.2) is 5.96 Å². The molecule has 0 aromatic heterocycles. The number of guanidine groups is 1. The number of rotatable bonds is 6. The number of amides is 1. The van der Waals surface area contributed by atoms with Crippen LogP contribution in [0.1, 0.15) is 30.4 Å². The van der Waals surface area contributed by atoms with E-state index in [2.05, 4.69) is 20.5 Å². The fraction of sp³-hybridized carbons (Fsp3) is 0.619. The molecule has 0 spiro atoms. The number of aryl methyl sites for hydroxylation is 1. The molecule has 0 atom stereocenters. The van der Waals surface area contributed by atoms with Crippen LogP contribution in [0.5, 0.6) is 0 Å². The molecule has 3 rings (SSSR count). The predicted molar refractivity (Wildman–Crippen MR) is 125 cm³/mol. The number of nitrogens with one attached hydrogen (secondary N) is 2. The molecule has 2 aliphatic rings. The molecular formula is C21H33FIN5O. The van der Waals surface area contributed by atoms with Crippen LogP contribution in [-0.2, 0) is 11.3 Å². The number of aliphatic imine (C=N–C) groups is 1. The van der Waals surface area contributed by atoms with Crippen LogP contribution in [0, 0.1) is 18.7 Å². The number of piperazine rings is 1. The Kier molecular flexibility index (Phi) is 9.61. The van der Waals surface area contributed by atoms with Gasteiger partial charge in [-0.2, -0.15) is 0 Å². The molecule has 1 saturated carbocycles. The molecular weight excluding hydrogens is 484 g/mol. The largest absolute Gasteiger partial charge is 0.355 e. The van der Waals surface area contributed by atoms with Crippen molar-refractivity contribution >= 4 is 35.8 Å². The normalized spacial score (nSPS) is 18.0. The summed E-state index contributed by atoms with van der Waals surface area (Å²) in [5.74, 6) is 1.18. The zero-order chi connectivity index (χ0) is 19.9. The molecule has 1 amide bonds. The molecule has 2 fully saturated rings. The Balaban J connectivity index is 0.00000300. The molecule has 1 aliphatic heterocycles. The number of benzene rings is 1. The van der Waals surface area contributed by atoms with Gasteiger partial charge in [-0.15, -0.1) is 24.0 Å². The lowest BCUT2D eigenvalue weighted by Crippen LogP contribution is -2.52. The van der Waals surface area contributed by atoms with E-state index in [1.807, 2.05) is 11.0 Å². The van der Waals surface area contributed by atoms with E-state index in [-0.39, 0.29) is 29.8 Å². The summed E-state index contributed by atoms with van der Waals surface area (Å²) in [4.78, 5) is 20.9. The summed E-state index contributed by atoms with van der Waals surface area (Å²) < 4.78 is 13.6. The lowest BCUT2D eigenvalue weighted by Gasteiger charge is -2.38. The maximum Gasteiger partial charge on any atom is 0.225 e. The number of carbonyl (C=O) groups is 1. The smallest absolute Gasteiger partial charge is 0.225 e. The Bertz CT molecular complexity index is 702. The molecule has 29 heavy (non-hydrogen) atoms. The Morgan fingerprint density at radius 1 is 1.21 bits per heavy atom. The van der Waals surface area contributed by atoms with Crippen LogP contribution in [0.4, 0.5) is 4.39 Å². The highest BCUT2D eigenvalue weighted by molar-refractivity contribution is 14.0. The highest BCUT2D eigenvalue weighted by Gasteiger charge is 2.30. The molecule has 2 N–H and O–H groups in total. The lowest BCUT2D eigenvalue weighted by atomic mass is 9.84. The zero-order valence-electron chi connectivity index (χ0n) is 17.4. The quantitative estimate of drug-likeness (QED) is 0.346. The summed E-state index contributed by atoms with van der Waals surface area (Å²) in [6.45, 7) is 7.49. The number of hydrogen-bond donors (Lipinski definition) is 2. The van der Waals surface area contributed by atoms with E-state index in [9.17, 15) is 9.18 Å². The Morgan fingerprint density at radius 3 is 2.52 bits per heavy atom. The van der Waals surface area contributed by atoms with E-state index >= 15 is 0 Å². The average molecular weight is 517 g/mol. The van der Waals surface area contributed by atoms with Crippen molar-refractivity contribution in [1.29, 1.82) is 0 Å². The van der Waals surface area contributed by atoms with Gasteiger partial charge in [0, 0.05) is 58.8 Å². The molecule has 1 aliphatic carbocycles. The standard InChI is InChI=1S/C21H32FN5O.HI/c1-16-6-7-17(14-19(16)22)15-25-21(23-2)24-8-9-26-10-12-27(13-11-26)20(28)18-4-3-5-18;/h6-7,14,18H,3-5,8-13,15H2,1-2H3,(H2,23,24,25);1H. The first-order chi connectivity index (χ1) is 13.6. The van der Waals surface area contributed by atoms with Gasteiger partial charge >= 0.3 is 0 Å². The van der Waals surface area contributed by atoms with Gasteiger partial charge in [0.1, 0.15) is 5.82 Å². The van der Waals surface area contributed by atoms with Crippen molar-refractivity contribution in [3.63, 3.8) is 0 Å². The summed E-state index contributed by atoms with van der Waals surface area (Å²) in [7, 11) is 1.73. The van der Waals surface area contributed by atoms with E-state index in [4.69, 9.17) is 0 Å². The number of carbonyl (C=O) groups excluding carboxylic acids is 1. The third-order valence-corrected chi connectivity index (χ3v) is 5.78. The lowest BCUT2D eigenvalue weighted by molar-refractivity contribution is -0.139. The van der Waals surface area contributed by atoms with Crippen LogP contribution in [0.25, 0.3) is 0 Å². The van der Waals surface area contributed by atoms with E-state index in [1.54, 1.807) is 26.1 Å². The van der Waals surface area contributed by atoms with Crippen molar-refractivity contribution in [2.75, 3.05) is 46.3 Å². The van der Waals surface area contributed by atoms with Gasteiger partial charge in [0.05, 0.1) is 0 Å². The van der Waals surface area contributed by atoms with Crippen molar-refractivity contribution < 1.29 is 9.18 Å². The van der Waals surface area contributed by atoms with Gasteiger partial charge in [0.2, 0.25) is 5.91 Å². The molecule has 1 aromatic rings. The molecule has 8 heteroatoms. The highest BCUT2D eigenvalue weighted by atomic mass is 127. The maximum absolute atomic E-state index is 13.6. The zero-order valence-corrected chi connectivity index (χ0v) is 19.7. The van der Waals surface area contributed by atoms with Crippen LogP contribution in [-0.4, -0.2) is 68.0 Å². The second-order valence-corrected chi connectivity index (χ2v) is 7.73. The predicted octanol–water partition coefficient (Wildman–Crippen LogP) is 2.36. The second-order valence-electron chi connectivity index (χ2n) is 7.73. The Morgan fingerprint density at radius 2 is 1.93 bits per heavy atom.